The molecule has 3 aliphatic rings. The summed E-state index contributed by atoms with van der Waals surface area (Å²) in [5, 5.41) is 11.2. The smallest absolute Gasteiger partial charge is 0.338 e. The van der Waals surface area contributed by atoms with Crippen molar-refractivity contribution in [1.82, 2.24) is 4.98 Å². The lowest BCUT2D eigenvalue weighted by Crippen LogP contribution is -2.54. The van der Waals surface area contributed by atoms with Gasteiger partial charge in [0.25, 0.3) is 0 Å². The van der Waals surface area contributed by atoms with Crippen molar-refractivity contribution in [3.05, 3.63) is 54.1 Å². The summed E-state index contributed by atoms with van der Waals surface area (Å²) in [6, 6.07) is 10.5. The molecule has 0 bridgehead atoms. The summed E-state index contributed by atoms with van der Waals surface area (Å²) in [4.78, 5) is 17.1. The minimum Gasteiger partial charge on any atom is -0.460 e. The van der Waals surface area contributed by atoms with Gasteiger partial charge >= 0.3 is 5.97 Å². The third-order valence-corrected chi connectivity index (χ3v) is 7.85. The second-order valence-electron chi connectivity index (χ2n) is 9.57. The van der Waals surface area contributed by atoms with Gasteiger partial charge in [-0.3, -0.25) is 4.98 Å². The standard InChI is InChI=1S/C25H28FNO3/c1-14-12-25(29)23(15(2)30-24(25)28)22-17(7-9-21(14)22)11-20-8-6-18(13-27-20)16-4-3-5-19(26)10-16/h3-6,8,10,13-15,17,21-23,29H,7,9,11-12H2,1-2H3/t14?,15?,17?,21?,22?,23?,25-/m0/s1. The molecular formula is C25H28FNO3. The number of hydrogen-bond donors (Lipinski definition) is 1. The van der Waals surface area contributed by atoms with Gasteiger partial charge in [0.15, 0.2) is 5.60 Å². The number of rotatable bonds is 3. The second kappa shape index (κ2) is 7.16. The number of pyridine rings is 1. The Morgan fingerprint density at radius 3 is 2.77 bits per heavy atom. The van der Waals surface area contributed by atoms with Crippen LogP contribution in [0.25, 0.3) is 11.1 Å². The number of fused-ring (bicyclic) bond motifs is 3. The molecule has 2 heterocycles. The van der Waals surface area contributed by atoms with Gasteiger partial charge < -0.3 is 9.84 Å². The molecule has 0 amide bonds. The lowest BCUT2D eigenvalue weighted by atomic mass is 9.58. The van der Waals surface area contributed by atoms with E-state index in [-0.39, 0.29) is 23.8 Å². The van der Waals surface area contributed by atoms with Crippen LogP contribution in [-0.4, -0.2) is 27.8 Å². The van der Waals surface area contributed by atoms with Crippen molar-refractivity contribution < 1.29 is 19.0 Å². The van der Waals surface area contributed by atoms with Crippen LogP contribution < -0.4 is 0 Å². The van der Waals surface area contributed by atoms with Crippen LogP contribution in [0, 0.1) is 35.4 Å². The number of carbonyl (C=O) groups is 1. The Morgan fingerprint density at radius 1 is 1.20 bits per heavy atom. The molecule has 4 nitrogen and oxygen atoms in total. The molecule has 1 saturated heterocycles. The highest BCUT2D eigenvalue weighted by Gasteiger charge is 2.65. The molecule has 30 heavy (non-hydrogen) atoms. The van der Waals surface area contributed by atoms with Crippen LogP contribution in [0.4, 0.5) is 4.39 Å². The largest absolute Gasteiger partial charge is 0.460 e. The van der Waals surface area contributed by atoms with E-state index in [1.54, 1.807) is 12.3 Å². The zero-order valence-electron chi connectivity index (χ0n) is 17.4. The van der Waals surface area contributed by atoms with Crippen molar-refractivity contribution in [3.8, 4) is 11.1 Å². The molecule has 5 rings (SSSR count). The van der Waals surface area contributed by atoms with Gasteiger partial charge in [-0.15, -0.1) is 0 Å². The summed E-state index contributed by atoms with van der Waals surface area (Å²) in [5.41, 5.74) is 1.38. The van der Waals surface area contributed by atoms with Gasteiger partial charge in [0, 0.05) is 23.4 Å². The molecule has 2 aromatic rings. The van der Waals surface area contributed by atoms with E-state index in [0.29, 0.717) is 24.2 Å². The average Bonchev–Trinajstić information content (AvgIpc) is 3.21. The first-order valence-corrected chi connectivity index (χ1v) is 11.0. The summed E-state index contributed by atoms with van der Waals surface area (Å²) in [5.74, 6) is 0.642. The van der Waals surface area contributed by atoms with Crippen LogP contribution >= 0.6 is 0 Å². The predicted molar refractivity (Wildman–Crippen MR) is 111 cm³/mol. The lowest BCUT2D eigenvalue weighted by Gasteiger charge is -2.45. The topological polar surface area (TPSA) is 59.4 Å². The Balaban J connectivity index is 1.38. The first-order valence-electron chi connectivity index (χ1n) is 11.0. The Kier molecular flexibility index (Phi) is 4.69. The van der Waals surface area contributed by atoms with Gasteiger partial charge in [0.2, 0.25) is 0 Å². The Hall–Kier alpha value is -2.27. The maximum absolute atomic E-state index is 13.5. The lowest BCUT2D eigenvalue weighted by molar-refractivity contribution is -0.161. The molecule has 7 atom stereocenters. The van der Waals surface area contributed by atoms with Crippen LogP contribution in [0.2, 0.25) is 0 Å². The minimum atomic E-state index is -1.34. The summed E-state index contributed by atoms with van der Waals surface area (Å²) in [6.45, 7) is 4.09. The number of benzene rings is 1. The molecule has 0 spiro atoms. The van der Waals surface area contributed by atoms with E-state index >= 15 is 0 Å². The molecule has 1 aromatic carbocycles. The zero-order chi connectivity index (χ0) is 21.0. The van der Waals surface area contributed by atoms with Crippen LogP contribution in [0.1, 0.15) is 38.8 Å². The fourth-order valence-corrected chi connectivity index (χ4v) is 6.62. The van der Waals surface area contributed by atoms with E-state index in [9.17, 15) is 14.3 Å². The number of aromatic nitrogens is 1. The van der Waals surface area contributed by atoms with E-state index in [2.05, 4.69) is 11.9 Å². The fraction of sp³-hybridized carbons (Fsp3) is 0.520. The molecular weight excluding hydrogens is 381 g/mol. The van der Waals surface area contributed by atoms with E-state index in [1.807, 2.05) is 25.1 Å². The third-order valence-electron chi connectivity index (χ3n) is 7.85. The molecule has 5 heteroatoms. The average molecular weight is 410 g/mol. The third kappa shape index (κ3) is 3.06. The predicted octanol–water partition coefficient (Wildman–Crippen LogP) is 4.41. The van der Waals surface area contributed by atoms with Crippen LogP contribution in [-0.2, 0) is 16.0 Å². The zero-order valence-corrected chi connectivity index (χ0v) is 17.4. The van der Waals surface area contributed by atoms with Crippen molar-refractivity contribution in [2.24, 2.45) is 29.6 Å². The van der Waals surface area contributed by atoms with E-state index < -0.39 is 11.6 Å². The normalized spacial score (nSPS) is 37.5. The summed E-state index contributed by atoms with van der Waals surface area (Å²) in [7, 11) is 0. The number of ether oxygens (including phenoxy) is 1. The van der Waals surface area contributed by atoms with Gasteiger partial charge in [-0.25, -0.2) is 9.18 Å². The highest BCUT2D eigenvalue weighted by atomic mass is 19.1. The van der Waals surface area contributed by atoms with Gasteiger partial charge in [-0.2, -0.15) is 0 Å². The molecule has 6 unspecified atom stereocenters. The number of hydrogen-bond acceptors (Lipinski definition) is 4. The van der Waals surface area contributed by atoms with Gasteiger partial charge in [-0.05, 0) is 80.0 Å². The molecule has 1 aromatic heterocycles. The Bertz CT molecular complexity index is 961. The molecule has 0 radical (unpaired) electrons. The van der Waals surface area contributed by atoms with Gasteiger partial charge in [0.1, 0.15) is 11.9 Å². The van der Waals surface area contributed by atoms with Gasteiger partial charge in [-0.1, -0.05) is 25.1 Å². The van der Waals surface area contributed by atoms with Crippen molar-refractivity contribution in [1.29, 1.82) is 0 Å². The summed E-state index contributed by atoms with van der Waals surface area (Å²) < 4.78 is 19.0. The fourth-order valence-electron chi connectivity index (χ4n) is 6.62. The molecule has 2 saturated carbocycles. The van der Waals surface area contributed by atoms with Crippen molar-refractivity contribution in [2.45, 2.75) is 51.2 Å². The maximum Gasteiger partial charge on any atom is 0.338 e. The molecule has 158 valence electrons. The SMILES string of the molecule is CC1C[C@@]2(O)C(=O)OC(C)C2C2C(Cc3ccc(-c4cccc(F)c4)cn3)CCC12. The first kappa shape index (κ1) is 19.7. The molecule has 1 N–H and O–H groups in total. The monoisotopic (exact) mass is 409 g/mol. The van der Waals surface area contributed by atoms with Crippen molar-refractivity contribution >= 4 is 5.97 Å². The number of esters is 1. The Labute approximate surface area is 176 Å². The number of aliphatic hydroxyl groups is 1. The Morgan fingerprint density at radius 2 is 2.03 bits per heavy atom. The number of nitrogens with zero attached hydrogens (tertiary/aromatic N) is 1. The second-order valence-corrected chi connectivity index (χ2v) is 9.57. The number of cyclic esters (lactones) is 1. The van der Waals surface area contributed by atoms with E-state index in [0.717, 1.165) is 36.1 Å². The summed E-state index contributed by atoms with van der Waals surface area (Å²) in [6.07, 6.45) is 5.11. The quantitative estimate of drug-likeness (QED) is 0.763. The molecule has 2 aliphatic carbocycles. The van der Waals surface area contributed by atoms with Crippen molar-refractivity contribution in [2.75, 3.05) is 0 Å². The highest BCUT2D eigenvalue weighted by Crippen LogP contribution is 2.58. The van der Waals surface area contributed by atoms with Gasteiger partial charge in [0.05, 0.1) is 0 Å². The molecule has 3 fully saturated rings. The minimum absolute atomic E-state index is 0.134. The van der Waals surface area contributed by atoms with E-state index in [1.165, 1.54) is 12.1 Å². The maximum atomic E-state index is 13.5. The summed E-state index contributed by atoms with van der Waals surface area (Å²) >= 11 is 0. The van der Waals surface area contributed by atoms with Crippen LogP contribution in [0.15, 0.2) is 42.6 Å². The van der Waals surface area contributed by atoms with Crippen LogP contribution in [0.5, 0.6) is 0 Å². The number of halogens is 1. The van der Waals surface area contributed by atoms with Crippen molar-refractivity contribution in [3.63, 3.8) is 0 Å². The molecule has 1 aliphatic heterocycles. The van der Waals surface area contributed by atoms with E-state index in [4.69, 9.17) is 4.74 Å². The highest BCUT2D eigenvalue weighted by molar-refractivity contribution is 5.82. The first-order chi connectivity index (χ1) is 14.4. The van der Waals surface area contributed by atoms with Crippen LogP contribution in [0.3, 0.4) is 0 Å². The number of carbonyl (C=O) groups excluding carboxylic acids is 1.